The van der Waals surface area contributed by atoms with Crippen LogP contribution in [0.15, 0.2) is 0 Å². The molecule has 1 atom stereocenters. The van der Waals surface area contributed by atoms with Crippen LogP contribution in [0.1, 0.15) is 53.4 Å². The third kappa shape index (κ3) is 5.52. The van der Waals surface area contributed by atoms with Gasteiger partial charge in [0.1, 0.15) is 11.4 Å². The molecule has 0 radical (unpaired) electrons. The Morgan fingerprint density at radius 1 is 1.28 bits per heavy atom. The number of hydrogen-bond donors (Lipinski definition) is 0. The van der Waals surface area contributed by atoms with Crippen LogP contribution in [0.25, 0.3) is 0 Å². The third-order valence-corrected chi connectivity index (χ3v) is 3.00. The first-order valence-electron chi connectivity index (χ1n) is 6.75. The maximum Gasteiger partial charge on any atom is 0.410 e. The maximum atomic E-state index is 12.0. The minimum atomic E-state index is -0.459. The van der Waals surface area contributed by atoms with Crippen molar-refractivity contribution in [3.63, 3.8) is 0 Å². The molecule has 4 nitrogen and oxygen atoms in total. The Morgan fingerprint density at radius 2 is 1.94 bits per heavy atom. The van der Waals surface area contributed by atoms with Crippen molar-refractivity contribution in [1.29, 1.82) is 0 Å². The fraction of sp³-hybridized carbons (Fsp3) is 0.857. The van der Waals surface area contributed by atoms with Crippen LogP contribution in [0.4, 0.5) is 4.79 Å². The van der Waals surface area contributed by atoms with Crippen LogP contribution in [0.2, 0.25) is 0 Å². The van der Waals surface area contributed by atoms with E-state index in [2.05, 4.69) is 0 Å². The second-order valence-corrected chi connectivity index (χ2v) is 6.19. The number of carbonyl (C=O) groups excluding carboxylic acids is 2. The van der Waals surface area contributed by atoms with Gasteiger partial charge in [-0.2, -0.15) is 0 Å². The summed E-state index contributed by atoms with van der Waals surface area (Å²) in [6, 6.07) is 0. The number of rotatable bonds is 2. The van der Waals surface area contributed by atoms with E-state index < -0.39 is 5.60 Å². The summed E-state index contributed by atoms with van der Waals surface area (Å²) in [7, 11) is 0. The Kier molecular flexibility index (Phi) is 5.17. The average Bonchev–Trinajstić information content (AvgIpc) is 2.39. The standard InChI is InChI=1S/C14H25NO3/c1-11(16)9-12-7-5-6-8-15(10-12)13(17)18-14(2,3)4/h12H,5-10H2,1-4H3. The number of likely N-dealkylation sites (tertiary alicyclic amines) is 1. The number of nitrogens with zero attached hydrogens (tertiary/aromatic N) is 1. The molecule has 1 rings (SSSR count). The predicted octanol–water partition coefficient (Wildman–Crippen LogP) is 3.00. The van der Waals surface area contributed by atoms with Gasteiger partial charge in [-0.15, -0.1) is 0 Å². The Labute approximate surface area is 110 Å². The largest absolute Gasteiger partial charge is 0.444 e. The van der Waals surface area contributed by atoms with Crippen LogP contribution in [0.3, 0.4) is 0 Å². The number of ether oxygens (including phenoxy) is 1. The van der Waals surface area contributed by atoms with Crippen LogP contribution >= 0.6 is 0 Å². The van der Waals surface area contributed by atoms with Crippen molar-refractivity contribution in [3.8, 4) is 0 Å². The minimum Gasteiger partial charge on any atom is -0.444 e. The normalized spacial score (nSPS) is 21.3. The van der Waals surface area contributed by atoms with Crippen LogP contribution in [0, 0.1) is 5.92 Å². The van der Waals surface area contributed by atoms with Gasteiger partial charge in [0.05, 0.1) is 0 Å². The molecule has 1 aliphatic rings. The predicted molar refractivity (Wildman–Crippen MR) is 70.4 cm³/mol. The van der Waals surface area contributed by atoms with Gasteiger partial charge in [-0.3, -0.25) is 0 Å². The van der Waals surface area contributed by atoms with Crippen LogP contribution in [0.5, 0.6) is 0 Å². The minimum absolute atomic E-state index is 0.200. The van der Waals surface area contributed by atoms with E-state index in [9.17, 15) is 9.59 Å². The van der Waals surface area contributed by atoms with E-state index in [1.54, 1.807) is 11.8 Å². The summed E-state index contributed by atoms with van der Waals surface area (Å²) < 4.78 is 5.39. The molecule has 1 amide bonds. The summed E-state index contributed by atoms with van der Waals surface area (Å²) in [5.74, 6) is 0.489. The monoisotopic (exact) mass is 255 g/mol. The summed E-state index contributed by atoms with van der Waals surface area (Å²) >= 11 is 0. The molecule has 4 heteroatoms. The first-order chi connectivity index (χ1) is 8.28. The van der Waals surface area contributed by atoms with Crippen LogP contribution in [-0.4, -0.2) is 35.5 Å². The van der Waals surface area contributed by atoms with Gasteiger partial charge >= 0.3 is 6.09 Å². The van der Waals surface area contributed by atoms with Gasteiger partial charge in [0.2, 0.25) is 0 Å². The molecule has 18 heavy (non-hydrogen) atoms. The summed E-state index contributed by atoms with van der Waals surface area (Å²) in [6.45, 7) is 8.61. The van der Waals surface area contributed by atoms with E-state index in [-0.39, 0.29) is 17.8 Å². The molecule has 0 aromatic carbocycles. The number of Topliss-reactive ketones (excluding diaryl/α,β-unsaturated/α-hetero) is 1. The van der Waals surface area contributed by atoms with Crippen molar-refractivity contribution >= 4 is 11.9 Å². The number of carbonyl (C=O) groups is 2. The Balaban J connectivity index is 2.58. The molecule has 1 aliphatic heterocycles. The van der Waals surface area contributed by atoms with E-state index in [1.807, 2.05) is 20.8 Å². The topological polar surface area (TPSA) is 46.6 Å². The number of ketones is 1. The molecule has 1 saturated heterocycles. The lowest BCUT2D eigenvalue weighted by Crippen LogP contribution is -2.39. The lowest BCUT2D eigenvalue weighted by Gasteiger charge is -2.28. The van der Waals surface area contributed by atoms with E-state index in [0.717, 1.165) is 25.8 Å². The van der Waals surface area contributed by atoms with Gasteiger partial charge < -0.3 is 14.4 Å². The van der Waals surface area contributed by atoms with E-state index in [1.165, 1.54) is 0 Å². The molecule has 0 bridgehead atoms. The maximum absolute atomic E-state index is 12.0. The fourth-order valence-electron chi connectivity index (χ4n) is 2.30. The summed E-state index contributed by atoms with van der Waals surface area (Å²) in [4.78, 5) is 25.0. The van der Waals surface area contributed by atoms with Gasteiger partial charge in [-0.25, -0.2) is 4.79 Å². The summed E-state index contributed by atoms with van der Waals surface area (Å²) in [5.41, 5.74) is -0.459. The van der Waals surface area contributed by atoms with Gasteiger partial charge in [-0.1, -0.05) is 6.42 Å². The highest BCUT2D eigenvalue weighted by atomic mass is 16.6. The molecule has 1 heterocycles. The molecule has 0 N–H and O–H groups in total. The molecule has 1 unspecified atom stereocenters. The second kappa shape index (κ2) is 6.21. The second-order valence-electron chi connectivity index (χ2n) is 6.19. The smallest absolute Gasteiger partial charge is 0.410 e. The summed E-state index contributed by atoms with van der Waals surface area (Å²) in [6.07, 6.45) is 3.42. The van der Waals surface area contributed by atoms with Crippen LogP contribution < -0.4 is 0 Å². The van der Waals surface area contributed by atoms with Gasteiger partial charge in [0.25, 0.3) is 0 Å². The molecule has 0 saturated carbocycles. The molecular formula is C14H25NO3. The highest BCUT2D eigenvalue weighted by Crippen LogP contribution is 2.21. The lowest BCUT2D eigenvalue weighted by atomic mass is 9.98. The number of amides is 1. The Hall–Kier alpha value is -1.06. The molecule has 0 aromatic heterocycles. The summed E-state index contributed by atoms with van der Waals surface area (Å²) in [5, 5.41) is 0. The van der Waals surface area contributed by atoms with Gasteiger partial charge in [0, 0.05) is 19.5 Å². The Morgan fingerprint density at radius 3 is 2.50 bits per heavy atom. The Bertz CT molecular complexity index is 307. The fourth-order valence-corrected chi connectivity index (χ4v) is 2.30. The quantitative estimate of drug-likeness (QED) is 0.762. The number of hydrogen-bond acceptors (Lipinski definition) is 3. The van der Waals surface area contributed by atoms with Crippen molar-refractivity contribution in [2.75, 3.05) is 13.1 Å². The van der Waals surface area contributed by atoms with E-state index >= 15 is 0 Å². The van der Waals surface area contributed by atoms with Gasteiger partial charge in [-0.05, 0) is 46.5 Å². The van der Waals surface area contributed by atoms with Gasteiger partial charge in [0.15, 0.2) is 0 Å². The first kappa shape index (κ1) is 15.0. The average molecular weight is 255 g/mol. The van der Waals surface area contributed by atoms with Crippen molar-refractivity contribution in [3.05, 3.63) is 0 Å². The van der Waals surface area contributed by atoms with Crippen molar-refractivity contribution in [2.45, 2.75) is 59.0 Å². The van der Waals surface area contributed by atoms with Crippen molar-refractivity contribution in [2.24, 2.45) is 5.92 Å². The van der Waals surface area contributed by atoms with Crippen molar-refractivity contribution < 1.29 is 14.3 Å². The molecule has 0 spiro atoms. The molecule has 104 valence electrons. The zero-order chi connectivity index (χ0) is 13.8. The first-order valence-corrected chi connectivity index (χ1v) is 6.75. The highest BCUT2D eigenvalue weighted by molar-refractivity contribution is 5.76. The van der Waals surface area contributed by atoms with Crippen molar-refractivity contribution in [1.82, 2.24) is 4.90 Å². The molecule has 0 aromatic rings. The zero-order valence-electron chi connectivity index (χ0n) is 12.0. The van der Waals surface area contributed by atoms with E-state index in [0.29, 0.717) is 13.0 Å². The molecule has 0 aliphatic carbocycles. The highest BCUT2D eigenvalue weighted by Gasteiger charge is 2.26. The van der Waals surface area contributed by atoms with Crippen LogP contribution in [-0.2, 0) is 9.53 Å². The molecular weight excluding hydrogens is 230 g/mol. The third-order valence-electron chi connectivity index (χ3n) is 3.00. The SMILES string of the molecule is CC(=O)CC1CCCCN(C(=O)OC(C)(C)C)C1. The lowest BCUT2D eigenvalue weighted by molar-refractivity contribution is -0.118. The zero-order valence-corrected chi connectivity index (χ0v) is 12.0. The molecule has 1 fully saturated rings. The van der Waals surface area contributed by atoms with E-state index in [4.69, 9.17) is 4.74 Å².